The van der Waals surface area contributed by atoms with Gasteiger partial charge in [0, 0.05) is 39.3 Å². The predicted octanol–water partition coefficient (Wildman–Crippen LogP) is 3.33. The molecule has 2 heterocycles. The highest BCUT2D eigenvalue weighted by Gasteiger charge is 2.21. The summed E-state index contributed by atoms with van der Waals surface area (Å²) in [6, 6.07) is 8.82. The van der Waals surface area contributed by atoms with Crippen molar-refractivity contribution in [2.45, 2.75) is 46.1 Å². The standard InChI is InChI=1S/C23H38N4O/c1-20-8-12-25(13-9-20)11-4-3-10-24-23(28)27-16-14-26(15-17-27)19-22-7-5-6-21(2)18-22/h5-7,18,20H,3-4,8-17,19H2,1-2H3,(H,24,28). The molecule has 2 fully saturated rings. The summed E-state index contributed by atoms with van der Waals surface area (Å²) < 4.78 is 0. The number of carbonyl (C=O) groups is 1. The molecule has 2 aliphatic heterocycles. The van der Waals surface area contributed by atoms with Gasteiger partial charge in [0.1, 0.15) is 0 Å². The molecule has 0 bridgehead atoms. The van der Waals surface area contributed by atoms with Gasteiger partial charge in [-0.1, -0.05) is 36.8 Å². The Morgan fingerprint density at radius 1 is 1.04 bits per heavy atom. The lowest BCUT2D eigenvalue weighted by molar-refractivity contribution is 0.135. The number of piperidine rings is 1. The summed E-state index contributed by atoms with van der Waals surface area (Å²) in [4.78, 5) is 19.4. The minimum atomic E-state index is 0.113. The molecule has 2 aliphatic rings. The molecule has 0 spiro atoms. The van der Waals surface area contributed by atoms with Gasteiger partial charge < -0.3 is 15.1 Å². The molecule has 5 heteroatoms. The maximum absolute atomic E-state index is 12.4. The second-order valence-corrected chi connectivity index (χ2v) is 8.72. The normalized spacial score (nSPS) is 19.7. The molecule has 156 valence electrons. The van der Waals surface area contributed by atoms with Crippen LogP contribution in [0.3, 0.4) is 0 Å². The molecular weight excluding hydrogens is 348 g/mol. The topological polar surface area (TPSA) is 38.8 Å². The van der Waals surface area contributed by atoms with Crippen molar-refractivity contribution in [1.82, 2.24) is 20.0 Å². The van der Waals surface area contributed by atoms with Gasteiger partial charge in [0.25, 0.3) is 0 Å². The maximum Gasteiger partial charge on any atom is 0.317 e. The number of unbranched alkanes of at least 4 members (excludes halogenated alkanes) is 1. The molecule has 1 aromatic carbocycles. The SMILES string of the molecule is Cc1cccc(CN2CCN(C(=O)NCCCCN3CCC(C)CC3)CC2)c1. The highest BCUT2D eigenvalue weighted by atomic mass is 16.2. The second-order valence-electron chi connectivity index (χ2n) is 8.72. The van der Waals surface area contributed by atoms with E-state index in [1.54, 1.807) is 0 Å². The number of benzene rings is 1. The van der Waals surface area contributed by atoms with Gasteiger partial charge in [-0.05, 0) is 63.7 Å². The number of piperazine rings is 1. The van der Waals surface area contributed by atoms with E-state index in [4.69, 9.17) is 0 Å². The molecule has 0 radical (unpaired) electrons. The van der Waals surface area contributed by atoms with Gasteiger partial charge in [0.15, 0.2) is 0 Å². The minimum Gasteiger partial charge on any atom is -0.338 e. The first-order valence-electron chi connectivity index (χ1n) is 11.1. The summed E-state index contributed by atoms with van der Waals surface area (Å²) in [5.41, 5.74) is 2.67. The molecule has 1 aromatic rings. The smallest absolute Gasteiger partial charge is 0.317 e. The predicted molar refractivity (Wildman–Crippen MR) is 115 cm³/mol. The van der Waals surface area contributed by atoms with Gasteiger partial charge in [-0.3, -0.25) is 4.90 Å². The van der Waals surface area contributed by atoms with Gasteiger partial charge in [-0.15, -0.1) is 0 Å². The monoisotopic (exact) mass is 386 g/mol. The highest BCUT2D eigenvalue weighted by molar-refractivity contribution is 5.74. The van der Waals surface area contributed by atoms with Crippen LogP contribution in [0.25, 0.3) is 0 Å². The molecule has 1 N–H and O–H groups in total. The van der Waals surface area contributed by atoms with Crippen LogP contribution in [0.15, 0.2) is 24.3 Å². The molecule has 28 heavy (non-hydrogen) atoms. The number of likely N-dealkylation sites (tertiary alicyclic amines) is 1. The number of nitrogens with zero attached hydrogens (tertiary/aromatic N) is 3. The summed E-state index contributed by atoms with van der Waals surface area (Å²) in [6.45, 7) is 13.5. The average Bonchev–Trinajstić information content (AvgIpc) is 2.69. The third-order valence-corrected chi connectivity index (χ3v) is 6.20. The zero-order valence-electron chi connectivity index (χ0n) is 17.8. The van der Waals surface area contributed by atoms with E-state index in [1.165, 1.54) is 50.0 Å². The van der Waals surface area contributed by atoms with Crippen LogP contribution in [0.5, 0.6) is 0 Å². The Bertz CT molecular complexity index is 604. The first kappa shape index (κ1) is 21.1. The number of aryl methyl sites for hydroxylation is 1. The Balaban J connectivity index is 1.26. The third kappa shape index (κ3) is 6.78. The molecule has 5 nitrogen and oxygen atoms in total. The fraction of sp³-hybridized carbons (Fsp3) is 0.696. The van der Waals surface area contributed by atoms with Gasteiger partial charge in [0.05, 0.1) is 0 Å². The summed E-state index contributed by atoms with van der Waals surface area (Å²) in [7, 11) is 0. The Hall–Kier alpha value is -1.59. The fourth-order valence-electron chi connectivity index (χ4n) is 4.23. The van der Waals surface area contributed by atoms with Crippen molar-refractivity contribution in [3.05, 3.63) is 35.4 Å². The van der Waals surface area contributed by atoms with E-state index in [9.17, 15) is 4.79 Å². The quantitative estimate of drug-likeness (QED) is 0.731. The lowest BCUT2D eigenvalue weighted by atomic mass is 9.99. The van der Waals surface area contributed by atoms with E-state index in [-0.39, 0.29) is 6.03 Å². The Labute approximate surface area is 171 Å². The zero-order chi connectivity index (χ0) is 19.8. The first-order valence-corrected chi connectivity index (χ1v) is 11.1. The fourth-order valence-corrected chi connectivity index (χ4v) is 4.23. The number of nitrogens with one attached hydrogen (secondary N) is 1. The van der Waals surface area contributed by atoms with Crippen molar-refractivity contribution in [2.24, 2.45) is 5.92 Å². The first-order chi connectivity index (χ1) is 13.6. The van der Waals surface area contributed by atoms with Crippen molar-refractivity contribution in [2.75, 3.05) is 52.4 Å². The molecule has 0 aliphatic carbocycles. The van der Waals surface area contributed by atoms with Crippen molar-refractivity contribution in [3.8, 4) is 0 Å². The maximum atomic E-state index is 12.4. The summed E-state index contributed by atoms with van der Waals surface area (Å²) in [5, 5.41) is 3.12. The number of carbonyl (C=O) groups excluding carboxylic acids is 1. The van der Waals surface area contributed by atoms with Crippen molar-refractivity contribution in [3.63, 3.8) is 0 Å². The van der Waals surface area contributed by atoms with Gasteiger partial charge >= 0.3 is 6.03 Å². The molecule has 0 unspecified atom stereocenters. The molecule has 2 amide bonds. The lowest BCUT2D eigenvalue weighted by Gasteiger charge is -2.34. The molecule has 0 aromatic heterocycles. The van der Waals surface area contributed by atoms with E-state index in [2.05, 4.69) is 53.2 Å². The number of hydrogen-bond donors (Lipinski definition) is 1. The summed E-state index contributed by atoms with van der Waals surface area (Å²) >= 11 is 0. The van der Waals surface area contributed by atoms with Crippen LogP contribution in [-0.4, -0.2) is 73.1 Å². The van der Waals surface area contributed by atoms with Gasteiger partial charge in [-0.2, -0.15) is 0 Å². The summed E-state index contributed by atoms with van der Waals surface area (Å²) in [6.07, 6.45) is 4.93. The van der Waals surface area contributed by atoms with Crippen molar-refractivity contribution < 1.29 is 4.79 Å². The Morgan fingerprint density at radius 2 is 1.79 bits per heavy atom. The minimum absolute atomic E-state index is 0.113. The van der Waals surface area contributed by atoms with Crippen molar-refractivity contribution in [1.29, 1.82) is 0 Å². The molecule has 0 atom stereocenters. The molecule has 0 saturated carbocycles. The lowest BCUT2D eigenvalue weighted by Crippen LogP contribution is -2.51. The number of rotatable bonds is 7. The molecular formula is C23H38N4O. The van der Waals surface area contributed by atoms with Crippen LogP contribution in [0.1, 0.15) is 43.7 Å². The van der Waals surface area contributed by atoms with Gasteiger partial charge in [0.2, 0.25) is 0 Å². The molecule has 2 saturated heterocycles. The number of hydrogen-bond acceptors (Lipinski definition) is 3. The zero-order valence-corrected chi connectivity index (χ0v) is 17.8. The average molecular weight is 387 g/mol. The molecule has 3 rings (SSSR count). The van der Waals surface area contributed by atoms with Crippen LogP contribution >= 0.6 is 0 Å². The van der Waals surface area contributed by atoms with Crippen LogP contribution < -0.4 is 5.32 Å². The van der Waals surface area contributed by atoms with E-state index in [0.29, 0.717) is 0 Å². The van der Waals surface area contributed by atoms with Crippen LogP contribution in [0, 0.1) is 12.8 Å². The number of amides is 2. The summed E-state index contributed by atoms with van der Waals surface area (Å²) in [5.74, 6) is 0.896. The van der Waals surface area contributed by atoms with Crippen LogP contribution in [0.4, 0.5) is 4.79 Å². The highest BCUT2D eigenvalue weighted by Crippen LogP contribution is 2.16. The largest absolute Gasteiger partial charge is 0.338 e. The van der Waals surface area contributed by atoms with E-state index < -0.39 is 0 Å². The van der Waals surface area contributed by atoms with E-state index in [0.717, 1.165) is 51.6 Å². The van der Waals surface area contributed by atoms with Gasteiger partial charge in [-0.25, -0.2) is 4.79 Å². The second kappa shape index (κ2) is 10.8. The number of urea groups is 1. The third-order valence-electron chi connectivity index (χ3n) is 6.20. The van der Waals surface area contributed by atoms with Crippen LogP contribution in [-0.2, 0) is 6.54 Å². The van der Waals surface area contributed by atoms with Crippen molar-refractivity contribution >= 4 is 6.03 Å². The van der Waals surface area contributed by atoms with Crippen LogP contribution in [0.2, 0.25) is 0 Å². The van der Waals surface area contributed by atoms with E-state index in [1.807, 2.05) is 4.90 Å². The van der Waals surface area contributed by atoms with E-state index >= 15 is 0 Å². The Kier molecular flexibility index (Phi) is 8.16. The Morgan fingerprint density at radius 3 is 2.50 bits per heavy atom.